The number of carbonyl (C=O) groups excluding carboxylic acids is 3. The van der Waals surface area contributed by atoms with E-state index < -0.39 is 5.91 Å². The molecule has 2 fully saturated rings. The van der Waals surface area contributed by atoms with Crippen molar-refractivity contribution in [2.45, 2.75) is 38.5 Å². The molecule has 0 radical (unpaired) electrons. The Morgan fingerprint density at radius 2 is 1.65 bits per heavy atom. The van der Waals surface area contributed by atoms with Gasteiger partial charge in [0, 0.05) is 37.9 Å². The number of fused-ring (bicyclic) bond motifs is 1. The van der Waals surface area contributed by atoms with E-state index in [1.165, 1.54) is 12.8 Å². The summed E-state index contributed by atoms with van der Waals surface area (Å²) in [6, 6.07) is 5.09. The Labute approximate surface area is 201 Å². The molecule has 0 spiro atoms. The van der Waals surface area contributed by atoms with Gasteiger partial charge < -0.3 is 24.6 Å². The maximum absolute atomic E-state index is 13.1. The van der Waals surface area contributed by atoms with Crippen LogP contribution in [0.4, 0.5) is 5.69 Å². The predicted octanol–water partition coefficient (Wildman–Crippen LogP) is 2.77. The second-order valence-electron chi connectivity index (χ2n) is 8.76. The third-order valence-corrected chi connectivity index (χ3v) is 7.32. The molecule has 1 aromatic carbocycles. The zero-order valence-corrected chi connectivity index (χ0v) is 19.6. The molecule has 5 rings (SSSR count). The molecule has 1 N–H and O–H groups in total. The maximum Gasteiger partial charge on any atom is 0.286 e. The number of piperidine rings is 1. The Morgan fingerprint density at radius 3 is 2.47 bits per heavy atom. The lowest BCUT2D eigenvalue weighted by Gasteiger charge is -2.34. The molecule has 4 heterocycles. The van der Waals surface area contributed by atoms with Crippen LogP contribution in [0.3, 0.4) is 0 Å². The molecule has 0 aliphatic carbocycles. The number of nitrogens with one attached hydrogen (secondary N) is 1. The molecule has 3 amide bonds. The molecule has 2 saturated heterocycles. The van der Waals surface area contributed by atoms with Crippen LogP contribution in [0.15, 0.2) is 18.2 Å². The molecule has 1 unspecified atom stereocenters. The fraction of sp³-hybridized carbons (Fsp3) is 0.522. The number of amides is 3. The Morgan fingerprint density at radius 1 is 0.912 bits per heavy atom. The molecule has 1 aromatic heterocycles. The first-order valence-electron chi connectivity index (χ1n) is 11.7. The highest BCUT2D eigenvalue weighted by molar-refractivity contribution is 7.15. The normalized spacial score (nSPS) is 20.1. The highest BCUT2D eigenvalue weighted by atomic mass is 32.1. The number of likely N-dealkylation sites (tertiary alicyclic amines) is 2. The lowest BCUT2D eigenvalue weighted by Crippen LogP contribution is -2.47. The minimum Gasteiger partial charge on any atom is -0.454 e. The molecule has 11 heteroatoms. The van der Waals surface area contributed by atoms with Crippen molar-refractivity contribution >= 4 is 34.7 Å². The van der Waals surface area contributed by atoms with Crippen molar-refractivity contribution in [3.05, 3.63) is 28.2 Å². The number of benzene rings is 1. The van der Waals surface area contributed by atoms with Crippen LogP contribution < -0.4 is 14.8 Å². The summed E-state index contributed by atoms with van der Waals surface area (Å²) in [5, 5.41) is 10.9. The summed E-state index contributed by atoms with van der Waals surface area (Å²) in [5.74, 6) is 0.408. The standard InChI is InChI=1S/C23H27N5O5S/c29-19(24-16-7-8-17-18(12-16)33-14-32-17)20-25-26-21(34-20)23(31)28-11-5-6-15(13-28)22(30)27-9-3-1-2-4-10-27/h7-8,12,15H,1-6,9-11,13-14H2,(H,24,29). The lowest BCUT2D eigenvalue weighted by molar-refractivity contribution is -0.136. The summed E-state index contributed by atoms with van der Waals surface area (Å²) < 4.78 is 10.6. The van der Waals surface area contributed by atoms with Gasteiger partial charge in [-0.2, -0.15) is 0 Å². The molecule has 3 aliphatic heterocycles. The predicted molar refractivity (Wildman–Crippen MR) is 124 cm³/mol. The number of rotatable bonds is 4. The van der Waals surface area contributed by atoms with Gasteiger partial charge >= 0.3 is 0 Å². The summed E-state index contributed by atoms with van der Waals surface area (Å²) in [6.45, 7) is 2.71. The molecule has 180 valence electrons. The number of anilines is 1. The summed E-state index contributed by atoms with van der Waals surface area (Å²) in [4.78, 5) is 42.4. The monoisotopic (exact) mass is 485 g/mol. The Hall–Kier alpha value is -3.21. The quantitative estimate of drug-likeness (QED) is 0.708. The van der Waals surface area contributed by atoms with Crippen molar-refractivity contribution in [3.8, 4) is 11.5 Å². The summed E-state index contributed by atoms with van der Waals surface area (Å²) in [7, 11) is 0. The summed E-state index contributed by atoms with van der Waals surface area (Å²) in [5.41, 5.74) is 0.531. The van der Waals surface area contributed by atoms with E-state index in [9.17, 15) is 14.4 Å². The molecule has 34 heavy (non-hydrogen) atoms. The van der Waals surface area contributed by atoms with E-state index in [0.717, 1.165) is 50.1 Å². The molecular formula is C23H27N5O5S. The maximum atomic E-state index is 13.1. The number of ether oxygens (including phenoxy) is 2. The van der Waals surface area contributed by atoms with Crippen LogP contribution in [0.1, 0.15) is 58.1 Å². The van der Waals surface area contributed by atoms with Gasteiger partial charge in [0.15, 0.2) is 11.5 Å². The van der Waals surface area contributed by atoms with Gasteiger partial charge in [0.25, 0.3) is 11.8 Å². The van der Waals surface area contributed by atoms with Crippen LogP contribution in [0.5, 0.6) is 11.5 Å². The average Bonchev–Trinajstić information content (AvgIpc) is 3.46. The SMILES string of the molecule is O=C(Nc1ccc2c(c1)OCO2)c1nnc(C(=O)N2CCCC(C(=O)N3CCCCCC3)C2)s1. The van der Waals surface area contributed by atoms with Crippen LogP contribution in [-0.4, -0.2) is 70.7 Å². The molecule has 2 aromatic rings. The van der Waals surface area contributed by atoms with Gasteiger partial charge in [0.05, 0.1) is 5.92 Å². The van der Waals surface area contributed by atoms with Gasteiger partial charge in [-0.15, -0.1) is 10.2 Å². The van der Waals surface area contributed by atoms with Gasteiger partial charge in [0.2, 0.25) is 22.7 Å². The molecule has 0 bridgehead atoms. The fourth-order valence-corrected chi connectivity index (χ4v) is 5.31. The summed E-state index contributed by atoms with van der Waals surface area (Å²) in [6.07, 6.45) is 5.98. The summed E-state index contributed by atoms with van der Waals surface area (Å²) >= 11 is 0.951. The molecular weight excluding hydrogens is 458 g/mol. The van der Waals surface area contributed by atoms with E-state index in [2.05, 4.69) is 15.5 Å². The zero-order valence-electron chi connectivity index (χ0n) is 18.8. The van der Waals surface area contributed by atoms with Gasteiger partial charge in [-0.25, -0.2) is 0 Å². The second-order valence-corrected chi connectivity index (χ2v) is 9.74. The smallest absolute Gasteiger partial charge is 0.286 e. The molecule has 10 nitrogen and oxygen atoms in total. The zero-order chi connectivity index (χ0) is 23.5. The van der Waals surface area contributed by atoms with E-state index in [1.54, 1.807) is 23.1 Å². The third kappa shape index (κ3) is 4.84. The van der Waals surface area contributed by atoms with Crippen molar-refractivity contribution in [2.75, 3.05) is 38.3 Å². The second kappa shape index (κ2) is 9.96. The van der Waals surface area contributed by atoms with Crippen molar-refractivity contribution in [1.82, 2.24) is 20.0 Å². The van der Waals surface area contributed by atoms with Crippen LogP contribution in [0.2, 0.25) is 0 Å². The van der Waals surface area contributed by atoms with Crippen molar-refractivity contribution in [2.24, 2.45) is 5.92 Å². The molecule has 0 saturated carbocycles. The van der Waals surface area contributed by atoms with E-state index in [4.69, 9.17) is 9.47 Å². The van der Waals surface area contributed by atoms with Crippen LogP contribution in [-0.2, 0) is 4.79 Å². The van der Waals surface area contributed by atoms with Gasteiger partial charge in [0.1, 0.15) is 0 Å². The first-order chi connectivity index (χ1) is 16.6. The molecule has 1 atom stereocenters. The van der Waals surface area contributed by atoms with Crippen LogP contribution in [0, 0.1) is 5.92 Å². The lowest BCUT2D eigenvalue weighted by atomic mass is 9.96. The van der Waals surface area contributed by atoms with Crippen LogP contribution >= 0.6 is 11.3 Å². The first kappa shape index (κ1) is 22.6. The number of hydrogen-bond donors (Lipinski definition) is 1. The minimum absolute atomic E-state index is 0.0928. The highest BCUT2D eigenvalue weighted by Gasteiger charge is 2.33. The highest BCUT2D eigenvalue weighted by Crippen LogP contribution is 2.34. The number of carbonyl (C=O) groups is 3. The number of nitrogens with zero attached hydrogens (tertiary/aromatic N) is 4. The van der Waals surface area contributed by atoms with E-state index in [0.29, 0.717) is 30.3 Å². The van der Waals surface area contributed by atoms with E-state index >= 15 is 0 Å². The van der Waals surface area contributed by atoms with Gasteiger partial charge in [-0.1, -0.05) is 24.2 Å². The topological polar surface area (TPSA) is 114 Å². The van der Waals surface area contributed by atoms with E-state index in [-0.39, 0.29) is 34.5 Å². The minimum atomic E-state index is -0.455. The van der Waals surface area contributed by atoms with Gasteiger partial charge in [-0.05, 0) is 37.8 Å². The van der Waals surface area contributed by atoms with Gasteiger partial charge in [-0.3, -0.25) is 14.4 Å². The Balaban J connectivity index is 1.20. The van der Waals surface area contributed by atoms with Crippen molar-refractivity contribution in [1.29, 1.82) is 0 Å². The van der Waals surface area contributed by atoms with Crippen molar-refractivity contribution in [3.63, 3.8) is 0 Å². The number of aromatic nitrogens is 2. The Kier molecular flexibility index (Phi) is 6.61. The van der Waals surface area contributed by atoms with E-state index in [1.807, 2.05) is 4.90 Å². The average molecular weight is 486 g/mol. The molecule has 3 aliphatic rings. The largest absolute Gasteiger partial charge is 0.454 e. The third-order valence-electron chi connectivity index (χ3n) is 6.41. The van der Waals surface area contributed by atoms with Crippen molar-refractivity contribution < 1.29 is 23.9 Å². The number of hydrogen-bond acceptors (Lipinski definition) is 8. The Bertz CT molecular complexity index is 1080. The van der Waals surface area contributed by atoms with Crippen LogP contribution in [0.25, 0.3) is 0 Å². The fourth-order valence-electron chi connectivity index (χ4n) is 4.61. The first-order valence-corrected chi connectivity index (χ1v) is 12.5.